The van der Waals surface area contributed by atoms with Gasteiger partial charge in [-0.3, -0.25) is 15.1 Å². The summed E-state index contributed by atoms with van der Waals surface area (Å²) in [5.41, 5.74) is -0.520. The summed E-state index contributed by atoms with van der Waals surface area (Å²) in [7, 11) is 0. The molecule has 1 aromatic heterocycles. The van der Waals surface area contributed by atoms with Gasteiger partial charge >= 0.3 is 0 Å². The van der Waals surface area contributed by atoms with E-state index in [4.69, 9.17) is 5.26 Å². The Morgan fingerprint density at radius 3 is 2.75 bits per heavy atom. The molecule has 0 amide bonds. The van der Waals surface area contributed by atoms with Gasteiger partial charge in [0.05, 0.1) is 11.0 Å². The van der Waals surface area contributed by atoms with Gasteiger partial charge in [-0.25, -0.2) is 0 Å². The maximum Gasteiger partial charge on any atom is 0.293 e. The number of nitro groups is 1. The van der Waals surface area contributed by atoms with Crippen molar-refractivity contribution >= 4 is 21.6 Å². The molecule has 1 aliphatic carbocycles. The summed E-state index contributed by atoms with van der Waals surface area (Å²) in [5.74, 6) is 0. The highest BCUT2D eigenvalue weighted by Crippen LogP contribution is 2.45. The molecule has 0 N–H and O–H groups in total. The SMILES string of the molecule is N#CC1(c2ncc(Br)cc2[N+](=O)[O-])CCC1. The van der Waals surface area contributed by atoms with Crippen LogP contribution in [0.5, 0.6) is 0 Å². The predicted octanol–water partition coefficient (Wildman–Crippen LogP) is 2.70. The molecule has 1 saturated carbocycles. The molecule has 16 heavy (non-hydrogen) atoms. The zero-order valence-corrected chi connectivity index (χ0v) is 9.90. The van der Waals surface area contributed by atoms with Gasteiger partial charge in [-0.1, -0.05) is 0 Å². The first-order chi connectivity index (χ1) is 7.59. The van der Waals surface area contributed by atoms with Crippen LogP contribution in [0.25, 0.3) is 0 Å². The van der Waals surface area contributed by atoms with Crippen molar-refractivity contribution in [3.63, 3.8) is 0 Å². The van der Waals surface area contributed by atoms with Crippen LogP contribution in [-0.2, 0) is 5.41 Å². The summed E-state index contributed by atoms with van der Waals surface area (Å²) in [6, 6.07) is 3.57. The average Bonchev–Trinajstić information content (AvgIpc) is 2.19. The molecule has 1 aliphatic rings. The molecule has 0 radical (unpaired) electrons. The lowest BCUT2D eigenvalue weighted by atomic mass is 9.67. The van der Waals surface area contributed by atoms with Gasteiger partial charge in [0.15, 0.2) is 0 Å². The lowest BCUT2D eigenvalue weighted by Crippen LogP contribution is -2.34. The fourth-order valence-electron chi connectivity index (χ4n) is 1.87. The zero-order chi connectivity index (χ0) is 11.8. The topological polar surface area (TPSA) is 79.8 Å². The van der Waals surface area contributed by atoms with Crippen LogP contribution in [0.1, 0.15) is 25.0 Å². The van der Waals surface area contributed by atoms with Crippen molar-refractivity contribution in [2.45, 2.75) is 24.7 Å². The summed E-state index contributed by atoms with van der Waals surface area (Å²) in [6.45, 7) is 0. The van der Waals surface area contributed by atoms with Crippen molar-refractivity contribution in [1.29, 1.82) is 5.26 Å². The molecule has 0 unspecified atom stereocenters. The van der Waals surface area contributed by atoms with E-state index in [2.05, 4.69) is 27.0 Å². The largest absolute Gasteiger partial charge is 0.293 e. The van der Waals surface area contributed by atoms with Crippen molar-refractivity contribution in [3.8, 4) is 6.07 Å². The second kappa shape index (κ2) is 3.83. The number of hydrogen-bond acceptors (Lipinski definition) is 4. The summed E-state index contributed by atoms with van der Waals surface area (Å²) in [4.78, 5) is 14.5. The third-order valence-corrected chi connectivity index (χ3v) is 3.34. The number of nitriles is 1. The number of halogens is 1. The van der Waals surface area contributed by atoms with Crippen molar-refractivity contribution in [1.82, 2.24) is 4.98 Å². The minimum absolute atomic E-state index is 0.0735. The molecule has 2 rings (SSSR count). The molecule has 0 atom stereocenters. The van der Waals surface area contributed by atoms with E-state index < -0.39 is 10.3 Å². The highest BCUT2D eigenvalue weighted by molar-refractivity contribution is 9.10. The number of nitrogens with zero attached hydrogens (tertiary/aromatic N) is 3. The van der Waals surface area contributed by atoms with Crippen LogP contribution in [0.4, 0.5) is 5.69 Å². The van der Waals surface area contributed by atoms with Gasteiger partial charge < -0.3 is 0 Å². The number of hydrogen-bond donors (Lipinski definition) is 0. The molecule has 5 nitrogen and oxygen atoms in total. The first-order valence-corrected chi connectivity index (χ1v) is 5.60. The minimum Gasteiger partial charge on any atom is -0.258 e. The van der Waals surface area contributed by atoms with Crippen LogP contribution < -0.4 is 0 Å². The molecule has 0 aliphatic heterocycles. The molecule has 0 spiro atoms. The predicted molar refractivity (Wildman–Crippen MR) is 59.7 cm³/mol. The maximum atomic E-state index is 10.9. The minimum atomic E-state index is -0.747. The summed E-state index contributed by atoms with van der Waals surface area (Å²) < 4.78 is 0.551. The molecular weight excluding hydrogens is 274 g/mol. The Morgan fingerprint density at radius 1 is 1.62 bits per heavy atom. The van der Waals surface area contributed by atoms with Gasteiger partial charge in [0.1, 0.15) is 11.1 Å². The molecular formula is C10H8BrN3O2. The number of pyridine rings is 1. The molecule has 6 heteroatoms. The highest BCUT2D eigenvalue weighted by atomic mass is 79.9. The van der Waals surface area contributed by atoms with E-state index in [-0.39, 0.29) is 5.69 Å². The Morgan fingerprint density at radius 2 is 2.31 bits per heavy atom. The Bertz CT molecular complexity index is 491. The first-order valence-electron chi connectivity index (χ1n) is 4.81. The van der Waals surface area contributed by atoms with E-state index in [1.54, 1.807) is 0 Å². The summed E-state index contributed by atoms with van der Waals surface area (Å²) in [6.07, 6.45) is 3.72. The molecule has 0 bridgehead atoms. The fourth-order valence-corrected chi connectivity index (χ4v) is 2.19. The third kappa shape index (κ3) is 1.57. The second-order valence-corrected chi connectivity index (χ2v) is 4.74. The molecule has 0 saturated heterocycles. The number of rotatable bonds is 2. The lowest BCUT2D eigenvalue weighted by Gasteiger charge is -2.33. The van der Waals surface area contributed by atoms with E-state index in [0.717, 1.165) is 6.42 Å². The van der Waals surface area contributed by atoms with E-state index in [1.165, 1.54) is 12.3 Å². The second-order valence-electron chi connectivity index (χ2n) is 3.83. The Labute approximate surface area is 100 Å². The van der Waals surface area contributed by atoms with Gasteiger partial charge in [-0.05, 0) is 35.2 Å². The highest BCUT2D eigenvalue weighted by Gasteiger charge is 2.45. The first kappa shape index (κ1) is 11.0. The van der Waals surface area contributed by atoms with Crippen molar-refractivity contribution in [2.75, 3.05) is 0 Å². The quantitative estimate of drug-likeness (QED) is 0.617. The van der Waals surface area contributed by atoms with E-state index in [0.29, 0.717) is 23.0 Å². The Hall–Kier alpha value is -1.48. The van der Waals surface area contributed by atoms with Gasteiger partial charge in [0.2, 0.25) is 0 Å². The molecule has 0 aromatic carbocycles. The standard InChI is InChI=1S/C10H8BrN3O2/c11-7-4-8(14(15)16)9(13-5-7)10(6-12)2-1-3-10/h4-5H,1-3H2. The fraction of sp³-hybridized carbons (Fsp3) is 0.400. The van der Waals surface area contributed by atoms with Crippen LogP contribution in [-0.4, -0.2) is 9.91 Å². The van der Waals surface area contributed by atoms with Gasteiger partial charge in [0, 0.05) is 16.7 Å². The Kier molecular flexibility index (Phi) is 2.64. The summed E-state index contributed by atoms with van der Waals surface area (Å²) in [5, 5.41) is 20.1. The van der Waals surface area contributed by atoms with E-state index in [9.17, 15) is 10.1 Å². The van der Waals surface area contributed by atoms with Crippen LogP contribution in [0, 0.1) is 21.4 Å². The molecule has 1 fully saturated rings. The van der Waals surface area contributed by atoms with E-state index >= 15 is 0 Å². The molecule has 1 heterocycles. The smallest absolute Gasteiger partial charge is 0.258 e. The Balaban J connectivity index is 2.57. The summed E-state index contributed by atoms with van der Waals surface area (Å²) >= 11 is 3.14. The van der Waals surface area contributed by atoms with Gasteiger partial charge in [-0.2, -0.15) is 5.26 Å². The van der Waals surface area contributed by atoms with Crippen molar-refractivity contribution in [2.24, 2.45) is 0 Å². The van der Waals surface area contributed by atoms with E-state index in [1.807, 2.05) is 0 Å². The maximum absolute atomic E-state index is 10.9. The number of aromatic nitrogens is 1. The third-order valence-electron chi connectivity index (χ3n) is 2.91. The van der Waals surface area contributed by atoms with Gasteiger partial charge in [0.25, 0.3) is 5.69 Å². The average molecular weight is 282 g/mol. The van der Waals surface area contributed by atoms with Gasteiger partial charge in [-0.15, -0.1) is 0 Å². The van der Waals surface area contributed by atoms with Crippen molar-refractivity contribution in [3.05, 3.63) is 32.5 Å². The van der Waals surface area contributed by atoms with Crippen LogP contribution in [0.2, 0.25) is 0 Å². The van der Waals surface area contributed by atoms with Crippen LogP contribution in [0.15, 0.2) is 16.7 Å². The lowest BCUT2D eigenvalue weighted by molar-refractivity contribution is -0.386. The normalized spacial score (nSPS) is 17.2. The molecule has 82 valence electrons. The monoisotopic (exact) mass is 281 g/mol. The zero-order valence-electron chi connectivity index (χ0n) is 8.31. The molecule has 1 aromatic rings. The van der Waals surface area contributed by atoms with Crippen LogP contribution in [0.3, 0.4) is 0 Å². The van der Waals surface area contributed by atoms with Crippen molar-refractivity contribution < 1.29 is 4.92 Å². The van der Waals surface area contributed by atoms with Crippen LogP contribution >= 0.6 is 15.9 Å².